The lowest BCUT2D eigenvalue weighted by atomic mass is 9.67. The van der Waals surface area contributed by atoms with Gasteiger partial charge in [0.15, 0.2) is 0 Å². The first-order valence-electron chi connectivity index (χ1n) is 10.0. The minimum atomic E-state index is -0.0356. The SMILES string of the molecule is CC(=O)Nc1cccc2c1CC1(CCCCC1)C(=NCc1cccc(Cl)c1)N2. The van der Waals surface area contributed by atoms with Crippen LogP contribution in [-0.4, -0.2) is 11.7 Å². The Balaban J connectivity index is 1.69. The molecule has 1 amide bonds. The summed E-state index contributed by atoms with van der Waals surface area (Å²) in [5.74, 6) is 1.05. The topological polar surface area (TPSA) is 53.5 Å². The van der Waals surface area contributed by atoms with Crippen molar-refractivity contribution in [2.45, 2.75) is 52.0 Å². The molecule has 0 bridgehead atoms. The van der Waals surface area contributed by atoms with Crippen LogP contribution in [0.25, 0.3) is 0 Å². The van der Waals surface area contributed by atoms with Crippen LogP contribution in [0.3, 0.4) is 0 Å². The van der Waals surface area contributed by atoms with E-state index in [9.17, 15) is 4.79 Å². The van der Waals surface area contributed by atoms with E-state index >= 15 is 0 Å². The first-order chi connectivity index (χ1) is 13.6. The van der Waals surface area contributed by atoms with Crippen LogP contribution in [0.15, 0.2) is 47.5 Å². The molecule has 1 heterocycles. The van der Waals surface area contributed by atoms with E-state index in [-0.39, 0.29) is 11.3 Å². The lowest BCUT2D eigenvalue weighted by Crippen LogP contribution is -2.43. The molecule has 4 nitrogen and oxygen atoms in total. The van der Waals surface area contributed by atoms with Crippen LogP contribution in [0, 0.1) is 5.41 Å². The molecule has 28 heavy (non-hydrogen) atoms. The zero-order valence-electron chi connectivity index (χ0n) is 16.2. The molecule has 4 rings (SSSR count). The predicted molar refractivity (Wildman–Crippen MR) is 116 cm³/mol. The highest BCUT2D eigenvalue weighted by Gasteiger charge is 2.41. The smallest absolute Gasteiger partial charge is 0.221 e. The van der Waals surface area contributed by atoms with Gasteiger partial charge in [0.2, 0.25) is 5.91 Å². The molecule has 146 valence electrons. The summed E-state index contributed by atoms with van der Waals surface area (Å²) in [6.07, 6.45) is 6.89. The van der Waals surface area contributed by atoms with E-state index in [2.05, 4.69) is 22.8 Å². The van der Waals surface area contributed by atoms with Gasteiger partial charge >= 0.3 is 0 Å². The van der Waals surface area contributed by atoms with Crippen molar-refractivity contribution < 1.29 is 4.79 Å². The van der Waals surface area contributed by atoms with Gasteiger partial charge in [-0.2, -0.15) is 0 Å². The highest BCUT2D eigenvalue weighted by Crippen LogP contribution is 2.46. The van der Waals surface area contributed by atoms with Crippen LogP contribution in [0.1, 0.15) is 50.2 Å². The molecule has 2 aliphatic rings. The van der Waals surface area contributed by atoms with Gasteiger partial charge in [-0.3, -0.25) is 9.79 Å². The van der Waals surface area contributed by atoms with Crippen molar-refractivity contribution >= 4 is 34.7 Å². The second-order valence-electron chi connectivity index (χ2n) is 7.95. The maximum absolute atomic E-state index is 11.7. The van der Waals surface area contributed by atoms with Gasteiger partial charge in [0.1, 0.15) is 5.84 Å². The summed E-state index contributed by atoms with van der Waals surface area (Å²) in [6, 6.07) is 13.9. The van der Waals surface area contributed by atoms with Crippen molar-refractivity contribution in [3.63, 3.8) is 0 Å². The molecule has 0 aromatic heterocycles. The largest absolute Gasteiger partial charge is 0.343 e. The number of nitrogens with zero attached hydrogens (tertiary/aromatic N) is 1. The van der Waals surface area contributed by atoms with Crippen LogP contribution in [0.5, 0.6) is 0 Å². The second kappa shape index (κ2) is 7.96. The van der Waals surface area contributed by atoms with Crippen LogP contribution in [-0.2, 0) is 17.8 Å². The number of carbonyl (C=O) groups is 1. The summed E-state index contributed by atoms with van der Waals surface area (Å²) in [7, 11) is 0. The number of aliphatic imine (C=N–C) groups is 1. The number of halogens is 1. The van der Waals surface area contributed by atoms with E-state index in [1.54, 1.807) is 6.92 Å². The van der Waals surface area contributed by atoms with Crippen LogP contribution >= 0.6 is 11.6 Å². The van der Waals surface area contributed by atoms with Gasteiger partial charge in [0.25, 0.3) is 0 Å². The third-order valence-corrected chi connectivity index (χ3v) is 6.11. The van der Waals surface area contributed by atoms with Gasteiger partial charge in [-0.25, -0.2) is 0 Å². The first-order valence-corrected chi connectivity index (χ1v) is 10.4. The zero-order chi connectivity index (χ0) is 19.6. The molecule has 0 atom stereocenters. The maximum Gasteiger partial charge on any atom is 0.221 e. The Morgan fingerprint density at radius 3 is 2.71 bits per heavy atom. The van der Waals surface area contributed by atoms with E-state index in [1.807, 2.05) is 30.3 Å². The highest BCUT2D eigenvalue weighted by molar-refractivity contribution is 6.30. The zero-order valence-corrected chi connectivity index (χ0v) is 17.0. The third-order valence-electron chi connectivity index (χ3n) is 5.88. The van der Waals surface area contributed by atoms with E-state index in [0.29, 0.717) is 6.54 Å². The van der Waals surface area contributed by atoms with Crippen molar-refractivity contribution in [3.05, 3.63) is 58.6 Å². The van der Waals surface area contributed by atoms with Gasteiger partial charge in [-0.15, -0.1) is 0 Å². The van der Waals surface area contributed by atoms with Gasteiger partial charge < -0.3 is 10.6 Å². The number of hydrogen-bond acceptors (Lipinski definition) is 2. The summed E-state index contributed by atoms with van der Waals surface area (Å²) in [5, 5.41) is 7.36. The standard InChI is InChI=1S/C23H26ClN3O/c1-16(28)26-20-9-6-10-21-19(20)14-23(11-3-2-4-12-23)22(27-21)25-15-17-7-5-8-18(24)13-17/h5-10,13H,2-4,11-12,14-15H2,1H3,(H,25,27)(H,26,28). The Bertz CT molecular complexity index is 916. The number of carbonyl (C=O) groups excluding carboxylic acids is 1. The van der Waals surface area contributed by atoms with Crippen molar-refractivity contribution in [2.75, 3.05) is 10.6 Å². The third kappa shape index (κ3) is 3.93. The lowest BCUT2D eigenvalue weighted by Gasteiger charge is -2.43. The molecule has 0 radical (unpaired) electrons. The number of anilines is 2. The molecule has 1 saturated carbocycles. The number of hydrogen-bond donors (Lipinski definition) is 2. The number of amidine groups is 1. The first kappa shape index (κ1) is 19.0. The average Bonchev–Trinajstić information content (AvgIpc) is 2.67. The summed E-state index contributed by atoms with van der Waals surface area (Å²) < 4.78 is 0. The highest BCUT2D eigenvalue weighted by atomic mass is 35.5. The molecule has 1 fully saturated rings. The Morgan fingerprint density at radius 2 is 1.96 bits per heavy atom. The Kier molecular flexibility index (Phi) is 5.40. The molecular formula is C23H26ClN3O. The second-order valence-corrected chi connectivity index (χ2v) is 8.39. The Morgan fingerprint density at radius 1 is 1.18 bits per heavy atom. The Hall–Kier alpha value is -2.33. The van der Waals surface area contributed by atoms with Gasteiger partial charge in [-0.1, -0.05) is 49.1 Å². The van der Waals surface area contributed by atoms with Gasteiger partial charge in [0.05, 0.1) is 6.54 Å². The fourth-order valence-electron chi connectivity index (χ4n) is 4.54. The summed E-state index contributed by atoms with van der Waals surface area (Å²) in [6.45, 7) is 2.18. The number of benzene rings is 2. The monoisotopic (exact) mass is 395 g/mol. The van der Waals surface area contributed by atoms with Crippen LogP contribution in [0.2, 0.25) is 5.02 Å². The molecule has 1 aliphatic heterocycles. The quantitative estimate of drug-likeness (QED) is 0.688. The molecule has 5 heteroatoms. The fourth-order valence-corrected chi connectivity index (χ4v) is 4.75. The fraction of sp³-hybridized carbons (Fsp3) is 0.391. The molecular weight excluding hydrogens is 370 g/mol. The molecule has 2 aromatic carbocycles. The lowest BCUT2D eigenvalue weighted by molar-refractivity contribution is -0.114. The molecule has 2 N–H and O–H groups in total. The van der Waals surface area contributed by atoms with Crippen molar-refractivity contribution in [1.29, 1.82) is 0 Å². The minimum absolute atomic E-state index is 0.0262. The van der Waals surface area contributed by atoms with Crippen molar-refractivity contribution in [2.24, 2.45) is 10.4 Å². The number of rotatable bonds is 3. The molecule has 0 saturated heterocycles. The number of nitrogens with one attached hydrogen (secondary N) is 2. The van der Waals surface area contributed by atoms with Gasteiger partial charge in [-0.05, 0) is 49.1 Å². The molecule has 0 unspecified atom stereocenters. The van der Waals surface area contributed by atoms with E-state index < -0.39 is 0 Å². The maximum atomic E-state index is 11.7. The summed E-state index contributed by atoms with van der Waals surface area (Å²) in [5.41, 5.74) is 4.30. The predicted octanol–water partition coefficient (Wildman–Crippen LogP) is 5.82. The number of amides is 1. The molecule has 1 spiro atoms. The summed E-state index contributed by atoms with van der Waals surface area (Å²) >= 11 is 6.14. The van der Waals surface area contributed by atoms with Gasteiger partial charge in [0, 0.05) is 34.3 Å². The molecule has 1 aliphatic carbocycles. The van der Waals surface area contributed by atoms with E-state index in [0.717, 1.165) is 47.1 Å². The van der Waals surface area contributed by atoms with Crippen LogP contribution < -0.4 is 10.6 Å². The van der Waals surface area contributed by atoms with Crippen molar-refractivity contribution in [1.82, 2.24) is 0 Å². The van der Waals surface area contributed by atoms with E-state index in [1.165, 1.54) is 24.8 Å². The molecule has 2 aromatic rings. The van der Waals surface area contributed by atoms with Crippen molar-refractivity contribution in [3.8, 4) is 0 Å². The van der Waals surface area contributed by atoms with Crippen LogP contribution in [0.4, 0.5) is 11.4 Å². The summed E-state index contributed by atoms with van der Waals surface area (Å²) in [4.78, 5) is 16.7. The van der Waals surface area contributed by atoms with E-state index in [4.69, 9.17) is 16.6 Å². The normalized spacial score (nSPS) is 19.1. The average molecular weight is 396 g/mol. The minimum Gasteiger partial charge on any atom is -0.343 e. The number of fused-ring (bicyclic) bond motifs is 1. The Labute approximate surface area is 171 Å².